The Morgan fingerprint density at radius 3 is 2.67 bits per heavy atom. The fourth-order valence-electron chi connectivity index (χ4n) is 2.82. The molecule has 0 bridgehead atoms. The average Bonchev–Trinajstić information content (AvgIpc) is 2.90. The molecule has 21 heavy (non-hydrogen) atoms. The molecule has 0 saturated carbocycles. The number of carboxylic acids is 1. The molecule has 1 fully saturated rings. The monoisotopic (exact) mass is 311 g/mol. The number of nitrogens with zero attached hydrogens (tertiary/aromatic N) is 2. The minimum atomic E-state index is -0.835. The topological polar surface area (TPSA) is 65.5 Å². The Balaban J connectivity index is 2.26. The third-order valence-electron chi connectivity index (χ3n) is 3.83. The summed E-state index contributed by atoms with van der Waals surface area (Å²) in [7, 11) is 0. The van der Waals surface area contributed by atoms with Gasteiger partial charge in [-0.15, -0.1) is 11.3 Å². The van der Waals surface area contributed by atoms with E-state index in [1.165, 1.54) is 11.3 Å². The number of nitrogens with one attached hydrogen (secondary N) is 1. The maximum absolute atomic E-state index is 11.4. The number of rotatable bonds is 7. The second kappa shape index (κ2) is 7.87. The van der Waals surface area contributed by atoms with Crippen LogP contribution in [-0.2, 0) is 6.42 Å². The first-order chi connectivity index (χ1) is 10.2. The molecule has 0 amide bonds. The van der Waals surface area contributed by atoms with Gasteiger partial charge in [0.1, 0.15) is 9.88 Å². The fraction of sp³-hybridized carbons (Fsp3) is 0.733. The van der Waals surface area contributed by atoms with Gasteiger partial charge in [0.05, 0.1) is 11.7 Å². The van der Waals surface area contributed by atoms with Gasteiger partial charge >= 0.3 is 5.97 Å². The average molecular weight is 311 g/mol. The van der Waals surface area contributed by atoms with Gasteiger partial charge in [0.25, 0.3) is 0 Å². The fourth-order valence-corrected chi connectivity index (χ4v) is 3.94. The van der Waals surface area contributed by atoms with Crippen molar-refractivity contribution < 1.29 is 9.90 Å². The lowest BCUT2D eigenvalue weighted by molar-refractivity contribution is 0.0700. The highest BCUT2D eigenvalue weighted by Crippen LogP contribution is 2.32. The van der Waals surface area contributed by atoms with Crippen molar-refractivity contribution in [1.29, 1.82) is 0 Å². The molecule has 1 aromatic rings. The second-order valence-electron chi connectivity index (χ2n) is 5.47. The van der Waals surface area contributed by atoms with E-state index in [0.717, 1.165) is 62.6 Å². The maximum atomic E-state index is 11.4. The number of carbonyl (C=O) groups is 1. The first-order valence-corrected chi connectivity index (χ1v) is 8.66. The summed E-state index contributed by atoms with van der Waals surface area (Å²) < 4.78 is 0. The highest BCUT2D eigenvalue weighted by Gasteiger charge is 2.27. The Labute approximate surface area is 130 Å². The number of aromatic nitrogens is 1. The molecule has 2 heterocycles. The van der Waals surface area contributed by atoms with Gasteiger partial charge in [0.2, 0.25) is 0 Å². The third-order valence-corrected chi connectivity index (χ3v) is 5.02. The summed E-state index contributed by atoms with van der Waals surface area (Å²) in [6, 6.07) is 0.269. The van der Waals surface area contributed by atoms with Gasteiger partial charge < -0.3 is 10.4 Å². The molecule has 0 spiro atoms. The van der Waals surface area contributed by atoms with Crippen LogP contribution < -0.4 is 5.32 Å². The van der Waals surface area contributed by atoms with Crippen LogP contribution in [-0.4, -0.2) is 47.1 Å². The molecule has 118 valence electrons. The van der Waals surface area contributed by atoms with Gasteiger partial charge in [-0.25, -0.2) is 9.78 Å². The predicted molar refractivity (Wildman–Crippen MR) is 85.2 cm³/mol. The molecule has 1 aromatic heterocycles. The first kappa shape index (κ1) is 16.4. The lowest BCUT2D eigenvalue weighted by atomic mass is 10.1. The van der Waals surface area contributed by atoms with Crippen molar-refractivity contribution >= 4 is 17.3 Å². The van der Waals surface area contributed by atoms with Crippen molar-refractivity contribution in [3.8, 4) is 0 Å². The number of hydrogen-bond donors (Lipinski definition) is 2. The van der Waals surface area contributed by atoms with Crippen LogP contribution in [0.5, 0.6) is 0 Å². The molecule has 6 heteroatoms. The highest BCUT2D eigenvalue weighted by atomic mass is 32.1. The largest absolute Gasteiger partial charge is 0.477 e. The molecule has 0 aromatic carbocycles. The number of carboxylic acid groups (broad SMARTS) is 1. The molecule has 2 rings (SSSR count). The standard InChI is InChI=1S/C15H25N3O2S/c1-3-5-11-13(15(19)20)21-14(17-11)12(6-4-2)18-9-7-16-8-10-18/h12,16H,3-10H2,1-2H3,(H,19,20). The van der Waals surface area contributed by atoms with Crippen molar-refractivity contribution in [3.63, 3.8) is 0 Å². The third kappa shape index (κ3) is 4.02. The number of thiazole rings is 1. The summed E-state index contributed by atoms with van der Waals surface area (Å²) >= 11 is 1.38. The Morgan fingerprint density at radius 2 is 2.10 bits per heavy atom. The molecular weight excluding hydrogens is 286 g/mol. The van der Waals surface area contributed by atoms with E-state index < -0.39 is 5.97 Å². The van der Waals surface area contributed by atoms with E-state index in [9.17, 15) is 9.90 Å². The van der Waals surface area contributed by atoms with Crippen LogP contribution >= 0.6 is 11.3 Å². The van der Waals surface area contributed by atoms with E-state index in [1.54, 1.807) is 0 Å². The van der Waals surface area contributed by atoms with E-state index in [-0.39, 0.29) is 6.04 Å². The van der Waals surface area contributed by atoms with Crippen LogP contribution in [0, 0.1) is 0 Å². The predicted octanol–water partition coefficient (Wildman–Crippen LogP) is 2.54. The van der Waals surface area contributed by atoms with Gasteiger partial charge in [0, 0.05) is 26.2 Å². The van der Waals surface area contributed by atoms with Crippen molar-refractivity contribution in [1.82, 2.24) is 15.2 Å². The molecule has 1 aliphatic rings. The number of aryl methyl sites for hydroxylation is 1. The van der Waals surface area contributed by atoms with Crippen LogP contribution in [0.3, 0.4) is 0 Å². The SMILES string of the molecule is CCCc1nc(C(CCC)N2CCNCC2)sc1C(=O)O. The van der Waals surface area contributed by atoms with Crippen LogP contribution in [0.4, 0.5) is 0 Å². The summed E-state index contributed by atoms with van der Waals surface area (Å²) in [5.74, 6) is -0.835. The van der Waals surface area contributed by atoms with E-state index in [0.29, 0.717) is 4.88 Å². The summed E-state index contributed by atoms with van der Waals surface area (Å²) in [6.07, 6.45) is 3.80. The lowest BCUT2D eigenvalue weighted by Gasteiger charge is -2.33. The van der Waals surface area contributed by atoms with Gasteiger partial charge in [0.15, 0.2) is 0 Å². The van der Waals surface area contributed by atoms with Crippen molar-refractivity contribution in [2.24, 2.45) is 0 Å². The van der Waals surface area contributed by atoms with Gasteiger partial charge in [-0.05, 0) is 12.8 Å². The minimum absolute atomic E-state index is 0.269. The Kier molecular flexibility index (Phi) is 6.14. The van der Waals surface area contributed by atoms with Crippen LogP contribution in [0.1, 0.15) is 59.5 Å². The zero-order chi connectivity index (χ0) is 15.2. The van der Waals surface area contributed by atoms with E-state index in [2.05, 4.69) is 24.1 Å². The highest BCUT2D eigenvalue weighted by molar-refractivity contribution is 7.13. The number of hydrogen-bond acceptors (Lipinski definition) is 5. The van der Waals surface area contributed by atoms with Crippen LogP contribution in [0.25, 0.3) is 0 Å². The molecule has 1 unspecified atom stereocenters. The molecule has 2 N–H and O–H groups in total. The van der Waals surface area contributed by atoms with Gasteiger partial charge in [-0.2, -0.15) is 0 Å². The molecule has 1 atom stereocenters. The summed E-state index contributed by atoms with van der Waals surface area (Å²) in [4.78, 5) is 19.0. The molecule has 0 aliphatic carbocycles. The van der Waals surface area contributed by atoms with Crippen molar-refractivity contribution in [3.05, 3.63) is 15.6 Å². The van der Waals surface area contributed by atoms with Gasteiger partial charge in [-0.3, -0.25) is 4.90 Å². The quantitative estimate of drug-likeness (QED) is 0.810. The van der Waals surface area contributed by atoms with Gasteiger partial charge in [-0.1, -0.05) is 26.7 Å². The summed E-state index contributed by atoms with van der Waals surface area (Å²) in [5.41, 5.74) is 0.765. The van der Waals surface area contributed by atoms with E-state index in [4.69, 9.17) is 4.98 Å². The zero-order valence-corrected chi connectivity index (χ0v) is 13.7. The molecule has 0 radical (unpaired) electrons. The van der Waals surface area contributed by atoms with E-state index >= 15 is 0 Å². The summed E-state index contributed by atoms with van der Waals surface area (Å²) in [6.45, 7) is 8.25. The summed E-state index contributed by atoms with van der Waals surface area (Å²) in [5, 5.41) is 13.7. The Morgan fingerprint density at radius 1 is 1.38 bits per heavy atom. The first-order valence-electron chi connectivity index (χ1n) is 7.85. The minimum Gasteiger partial charge on any atom is -0.477 e. The normalized spacial score (nSPS) is 17.8. The molecular formula is C15H25N3O2S. The Hall–Kier alpha value is -0.980. The van der Waals surface area contributed by atoms with Crippen molar-refractivity contribution in [2.75, 3.05) is 26.2 Å². The van der Waals surface area contributed by atoms with Crippen molar-refractivity contribution in [2.45, 2.75) is 45.6 Å². The smallest absolute Gasteiger partial charge is 0.347 e. The molecule has 5 nitrogen and oxygen atoms in total. The lowest BCUT2D eigenvalue weighted by Crippen LogP contribution is -2.45. The molecule has 1 saturated heterocycles. The van der Waals surface area contributed by atoms with E-state index in [1.807, 2.05) is 0 Å². The number of piperazine rings is 1. The van der Waals surface area contributed by atoms with Crippen LogP contribution in [0.15, 0.2) is 0 Å². The molecule has 1 aliphatic heterocycles. The Bertz CT molecular complexity index is 469. The zero-order valence-electron chi connectivity index (χ0n) is 12.9. The maximum Gasteiger partial charge on any atom is 0.347 e. The van der Waals surface area contributed by atoms with Crippen LogP contribution in [0.2, 0.25) is 0 Å². The second-order valence-corrected chi connectivity index (χ2v) is 6.50. The number of aromatic carboxylic acids is 1.